The van der Waals surface area contributed by atoms with Gasteiger partial charge in [-0.15, -0.1) is 0 Å². The smallest absolute Gasteiger partial charge is 0.165 e. The lowest BCUT2D eigenvalue weighted by Gasteiger charge is -2.14. The number of benzene rings is 2. The molecule has 0 bridgehead atoms. The van der Waals surface area contributed by atoms with Crippen molar-refractivity contribution in [2.75, 3.05) is 19.5 Å². The van der Waals surface area contributed by atoms with Crippen LogP contribution in [-0.2, 0) is 6.54 Å². The summed E-state index contributed by atoms with van der Waals surface area (Å²) in [6, 6.07) is 7.58. The minimum Gasteiger partial charge on any atom is -0.493 e. The van der Waals surface area contributed by atoms with Gasteiger partial charge < -0.3 is 14.8 Å². The Morgan fingerprint density at radius 1 is 1.10 bits per heavy atom. The van der Waals surface area contributed by atoms with Gasteiger partial charge in [0.25, 0.3) is 0 Å². The molecule has 0 aromatic heterocycles. The molecule has 112 valence electrons. The van der Waals surface area contributed by atoms with Crippen molar-refractivity contribution in [3.05, 3.63) is 52.0 Å². The molecular weight excluding hydrogens is 344 g/mol. The molecule has 0 fully saturated rings. The van der Waals surface area contributed by atoms with Gasteiger partial charge >= 0.3 is 0 Å². The van der Waals surface area contributed by atoms with E-state index in [0.29, 0.717) is 11.5 Å². The normalized spacial score (nSPS) is 10.3. The molecule has 21 heavy (non-hydrogen) atoms. The van der Waals surface area contributed by atoms with E-state index in [4.69, 9.17) is 9.47 Å². The van der Waals surface area contributed by atoms with Crippen LogP contribution in [0, 0.1) is 11.6 Å². The number of ether oxygens (including phenoxy) is 2. The second kappa shape index (κ2) is 6.76. The number of hydrogen-bond donors (Lipinski definition) is 1. The fourth-order valence-corrected chi connectivity index (χ4v) is 2.26. The number of para-hydroxylation sites is 1. The average Bonchev–Trinajstić information content (AvgIpc) is 2.49. The van der Waals surface area contributed by atoms with Crippen LogP contribution in [0.2, 0.25) is 0 Å². The van der Waals surface area contributed by atoms with Gasteiger partial charge in [-0.3, -0.25) is 0 Å². The maximum Gasteiger partial charge on any atom is 0.165 e. The van der Waals surface area contributed by atoms with Gasteiger partial charge in [0.1, 0.15) is 11.6 Å². The summed E-state index contributed by atoms with van der Waals surface area (Å²) in [6.45, 7) is 0.276. The predicted molar refractivity (Wildman–Crippen MR) is 80.9 cm³/mol. The maximum absolute atomic E-state index is 13.7. The maximum atomic E-state index is 13.7. The first-order chi connectivity index (χ1) is 10.1. The number of methoxy groups -OCH3 is 2. The summed E-state index contributed by atoms with van der Waals surface area (Å²) in [6.07, 6.45) is 0. The molecule has 0 atom stereocenters. The van der Waals surface area contributed by atoms with Crippen molar-refractivity contribution in [1.82, 2.24) is 0 Å². The molecule has 3 nitrogen and oxygen atoms in total. The van der Waals surface area contributed by atoms with Crippen molar-refractivity contribution in [3.8, 4) is 11.5 Å². The Balaban J connectivity index is 2.22. The molecule has 2 aromatic rings. The molecule has 0 spiro atoms. The Morgan fingerprint density at radius 2 is 1.86 bits per heavy atom. The minimum atomic E-state index is -0.537. The van der Waals surface area contributed by atoms with Gasteiger partial charge in [-0.1, -0.05) is 12.1 Å². The molecule has 0 aliphatic rings. The second-order valence-corrected chi connectivity index (χ2v) is 5.11. The summed E-state index contributed by atoms with van der Waals surface area (Å²) in [5.41, 5.74) is 0.861. The zero-order valence-corrected chi connectivity index (χ0v) is 13.1. The largest absolute Gasteiger partial charge is 0.493 e. The molecule has 0 aliphatic carbocycles. The quantitative estimate of drug-likeness (QED) is 0.806. The minimum absolute atomic E-state index is 0.0839. The molecule has 1 N–H and O–H groups in total. The third-order valence-corrected chi connectivity index (χ3v) is 3.57. The molecular formula is C15H14BrF2NO2. The van der Waals surface area contributed by atoms with E-state index >= 15 is 0 Å². The Hall–Kier alpha value is -1.82. The number of hydrogen-bond acceptors (Lipinski definition) is 3. The number of nitrogens with one attached hydrogen (secondary N) is 1. The van der Waals surface area contributed by atoms with Crippen molar-refractivity contribution in [3.63, 3.8) is 0 Å². The van der Waals surface area contributed by atoms with Gasteiger partial charge in [0.05, 0.1) is 24.4 Å². The Morgan fingerprint density at radius 3 is 2.52 bits per heavy atom. The summed E-state index contributed by atoms with van der Waals surface area (Å²) >= 11 is 2.94. The lowest BCUT2D eigenvalue weighted by molar-refractivity contribution is 0.352. The molecule has 0 amide bonds. The van der Waals surface area contributed by atoms with Crippen LogP contribution in [0.4, 0.5) is 14.5 Å². The van der Waals surface area contributed by atoms with E-state index in [1.807, 2.05) is 6.07 Å². The Labute approximate surface area is 130 Å². The van der Waals surface area contributed by atoms with Gasteiger partial charge in [-0.2, -0.15) is 0 Å². The zero-order chi connectivity index (χ0) is 15.4. The number of rotatable bonds is 5. The number of halogens is 3. The Kier molecular flexibility index (Phi) is 5.01. The summed E-state index contributed by atoms with van der Waals surface area (Å²) in [5, 5.41) is 2.85. The van der Waals surface area contributed by atoms with Crippen molar-refractivity contribution >= 4 is 21.6 Å². The predicted octanol–water partition coefficient (Wildman–Crippen LogP) is 4.36. The second-order valence-electron chi connectivity index (χ2n) is 4.25. The Bertz CT molecular complexity index is 650. The van der Waals surface area contributed by atoms with E-state index in [-0.39, 0.29) is 16.7 Å². The monoisotopic (exact) mass is 357 g/mol. The fourth-order valence-electron chi connectivity index (χ4n) is 1.94. The van der Waals surface area contributed by atoms with Crippen molar-refractivity contribution in [2.24, 2.45) is 0 Å². The van der Waals surface area contributed by atoms with Crippen molar-refractivity contribution in [2.45, 2.75) is 6.54 Å². The van der Waals surface area contributed by atoms with Crippen LogP contribution in [0.3, 0.4) is 0 Å². The van der Waals surface area contributed by atoms with Crippen molar-refractivity contribution < 1.29 is 18.3 Å². The third-order valence-electron chi connectivity index (χ3n) is 2.96. The molecule has 0 aliphatic heterocycles. The van der Waals surface area contributed by atoms with Crippen LogP contribution in [0.15, 0.2) is 34.8 Å². The van der Waals surface area contributed by atoms with Crippen LogP contribution >= 0.6 is 15.9 Å². The standard InChI is InChI=1S/C15H14BrF2NO2/c1-20-14-5-3-4-9(15(14)21-2)8-19-13-7-11(17)10(16)6-12(13)18/h3-7,19H,8H2,1-2H3. The molecule has 2 rings (SSSR count). The first-order valence-electron chi connectivity index (χ1n) is 6.15. The average molecular weight is 358 g/mol. The van der Waals surface area contributed by atoms with E-state index in [9.17, 15) is 8.78 Å². The highest BCUT2D eigenvalue weighted by Gasteiger charge is 2.11. The van der Waals surface area contributed by atoms with Crippen LogP contribution in [0.5, 0.6) is 11.5 Å². The van der Waals surface area contributed by atoms with E-state index < -0.39 is 11.6 Å². The molecule has 0 heterocycles. The van der Waals surface area contributed by atoms with Gasteiger partial charge in [0.2, 0.25) is 0 Å². The molecule has 0 saturated carbocycles. The lowest BCUT2D eigenvalue weighted by Crippen LogP contribution is -2.05. The lowest BCUT2D eigenvalue weighted by atomic mass is 10.1. The van der Waals surface area contributed by atoms with E-state index in [2.05, 4.69) is 21.2 Å². The highest BCUT2D eigenvalue weighted by Crippen LogP contribution is 2.31. The molecule has 0 radical (unpaired) electrons. The highest BCUT2D eigenvalue weighted by molar-refractivity contribution is 9.10. The first kappa shape index (κ1) is 15.6. The zero-order valence-electron chi connectivity index (χ0n) is 11.5. The SMILES string of the molecule is COc1cccc(CNc2cc(F)c(Br)cc2F)c1OC. The van der Waals surface area contributed by atoms with E-state index in [0.717, 1.165) is 17.7 Å². The summed E-state index contributed by atoms with van der Waals surface area (Å²) < 4.78 is 37.8. The highest BCUT2D eigenvalue weighted by atomic mass is 79.9. The van der Waals surface area contributed by atoms with Gasteiger partial charge in [-0.05, 0) is 28.1 Å². The van der Waals surface area contributed by atoms with Gasteiger partial charge in [0, 0.05) is 18.2 Å². The number of anilines is 1. The first-order valence-corrected chi connectivity index (χ1v) is 6.94. The molecule has 0 unspecified atom stereocenters. The molecule has 2 aromatic carbocycles. The van der Waals surface area contributed by atoms with Crippen molar-refractivity contribution in [1.29, 1.82) is 0 Å². The molecule has 0 saturated heterocycles. The summed E-state index contributed by atoms with van der Waals surface area (Å²) in [7, 11) is 3.07. The van der Waals surface area contributed by atoms with Crippen LogP contribution < -0.4 is 14.8 Å². The molecule has 6 heteroatoms. The summed E-state index contributed by atoms with van der Waals surface area (Å²) in [5.74, 6) is 0.0754. The van der Waals surface area contributed by atoms with Crippen LogP contribution in [0.1, 0.15) is 5.56 Å². The van der Waals surface area contributed by atoms with Crippen LogP contribution in [0.25, 0.3) is 0 Å². The topological polar surface area (TPSA) is 30.5 Å². The van der Waals surface area contributed by atoms with Gasteiger partial charge in [-0.25, -0.2) is 8.78 Å². The van der Waals surface area contributed by atoms with E-state index in [1.165, 1.54) is 7.11 Å². The third kappa shape index (κ3) is 3.44. The van der Waals surface area contributed by atoms with E-state index in [1.54, 1.807) is 19.2 Å². The fraction of sp³-hybridized carbons (Fsp3) is 0.200. The summed E-state index contributed by atoms with van der Waals surface area (Å²) in [4.78, 5) is 0. The van der Waals surface area contributed by atoms with Gasteiger partial charge in [0.15, 0.2) is 11.5 Å². The van der Waals surface area contributed by atoms with Crippen LogP contribution in [-0.4, -0.2) is 14.2 Å².